The van der Waals surface area contributed by atoms with Crippen molar-refractivity contribution in [3.05, 3.63) is 72.8 Å². The Morgan fingerprint density at radius 1 is 0.882 bits per heavy atom. The largest absolute Gasteiger partial charge is 0.413 e. The van der Waals surface area contributed by atoms with Gasteiger partial charge in [-0.2, -0.15) is 0 Å². The summed E-state index contributed by atoms with van der Waals surface area (Å²) in [7, 11) is -4.65. The average molecular weight is 735 g/mol. The van der Waals surface area contributed by atoms with E-state index in [1.165, 1.54) is 10.4 Å². The van der Waals surface area contributed by atoms with Crippen LogP contribution >= 0.6 is 0 Å². The molecule has 4 rings (SSSR count). The Kier molecular flexibility index (Phi) is 14.8. The van der Waals surface area contributed by atoms with E-state index in [1.807, 2.05) is 13.8 Å². The highest BCUT2D eigenvalue weighted by Gasteiger charge is 2.50. The van der Waals surface area contributed by atoms with Crippen molar-refractivity contribution in [1.29, 1.82) is 0 Å². The molecule has 6 nitrogen and oxygen atoms in total. The monoisotopic (exact) mass is 734 g/mol. The highest BCUT2D eigenvalue weighted by Crippen LogP contribution is 2.41. The molecule has 1 saturated heterocycles. The third-order valence-corrected chi connectivity index (χ3v) is 21.5. The van der Waals surface area contributed by atoms with Crippen LogP contribution in [-0.4, -0.2) is 59.4 Å². The molecule has 0 spiro atoms. The Morgan fingerprint density at radius 3 is 1.94 bits per heavy atom. The van der Waals surface area contributed by atoms with Crippen LogP contribution in [0.4, 0.5) is 0 Å². The van der Waals surface area contributed by atoms with Gasteiger partial charge in [0.1, 0.15) is 6.29 Å². The zero-order chi connectivity index (χ0) is 37.3. The molecule has 0 saturated carbocycles. The summed E-state index contributed by atoms with van der Waals surface area (Å²) in [5.41, 5.74) is 0. The van der Waals surface area contributed by atoms with Crippen molar-refractivity contribution in [2.45, 2.75) is 148 Å². The van der Waals surface area contributed by atoms with E-state index < -0.39 is 22.4 Å². The number of carbonyl (C=O) groups is 2. The van der Waals surface area contributed by atoms with Gasteiger partial charge in [0.2, 0.25) is 0 Å². The molecule has 51 heavy (non-hydrogen) atoms. The van der Waals surface area contributed by atoms with Gasteiger partial charge in [0, 0.05) is 19.4 Å². The summed E-state index contributed by atoms with van der Waals surface area (Å²) in [6.07, 6.45) is 8.84. The lowest BCUT2D eigenvalue weighted by Gasteiger charge is -2.45. The van der Waals surface area contributed by atoms with Gasteiger partial charge < -0.3 is 23.1 Å². The highest BCUT2D eigenvalue weighted by molar-refractivity contribution is 6.99. The van der Waals surface area contributed by atoms with Gasteiger partial charge in [0.15, 0.2) is 19.9 Å². The van der Waals surface area contributed by atoms with Crippen molar-refractivity contribution in [2.75, 3.05) is 6.61 Å². The van der Waals surface area contributed by atoms with E-state index in [0.29, 0.717) is 19.4 Å². The number of rotatable bonds is 18. The fourth-order valence-corrected chi connectivity index (χ4v) is 16.3. The minimum Gasteiger partial charge on any atom is -0.413 e. The second kappa shape index (κ2) is 18.2. The van der Waals surface area contributed by atoms with Crippen molar-refractivity contribution >= 4 is 39.1 Å². The molecule has 1 aliphatic carbocycles. The third-order valence-electron chi connectivity index (χ3n) is 11.8. The first-order valence-corrected chi connectivity index (χ1v) is 24.1. The molecule has 0 aromatic heterocycles. The van der Waals surface area contributed by atoms with Crippen LogP contribution < -0.4 is 10.4 Å². The minimum absolute atomic E-state index is 0.00482. The van der Waals surface area contributed by atoms with Crippen molar-refractivity contribution in [1.82, 2.24) is 0 Å². The Labute approximate surface area is 311 Å². The van der Waals surface area contributed by atoms with Gasteiger partial charge in [-0.15, -0.1) is 0 Å². The van der Waals surface area contributed by atoms with Crippen LogP contribution in [0.15, 0.2) is 72.8 Å². The number of hydrogen-bond donors (Lipinski definition) is 0. The van der Waals surface area contributed by atoms with Crippen molar-refractivity contribution < 1.29 is 27.9 Å². The minimum atomic E-state index is -2.65. The third kappa shape index (κ3) is 10.1. The van der Waals surface area contributed by atoms with Gasteiger partial charge in [0.05, 0.1) is 24.2 Å². The fraction of sp³-hybridized carbons (Fsp3) is 0.628. The van der Waals surface area contributed by atoms with Crippen LogP contribution in [0.25, 0.3) is 0 Å². The molecule has 0 amide bonds. The lowest BCUT2D eigenvalue weighted by atomic mass is 9.70. The second-order valence-corrected chi connectivity index (χ2v) is 25.5. The van der Waals surface area contributed by atoms with E-state index in [-0.39, 0.29) is 46.9 Å². The van der Waals surface area contributed by atoms with E-state index in [1.54, 1.807) is 6.08 Å². The predicted octanol–water partition coefficient (Wildman–Crippen LogP) is 9.02. The quantitative estimate of drug-likeness (QED) is 0.113. The molecular formula is C43H66O6Si2. The Bertz CT molecular complexity index is 1350. The number of hydrogen-bond acceptors (Lipinski definition) is 6. The maximum absolute atomic E-state index is 13.7. The highest BCUT2D eigenvalue weighted by atomic mass is 28.4. The van der Waals surface area contributed by atoms with Crippen LogP contribution in [0, 0.1) is 17.8 Å². The number of ether oxygens (including phenoxy) is 2. The maximum Gasteiger partial charge on any atom is 0.261 e. The molecule has 282 valence electrons. The van der Waals surface area contributed by atoms with Gasteiger partial charge in [0.25, 0.3) is 8.32 Å². The van der Waals surface area contributed by atoms with E-state index in [0.717, 1.165) is 50.1 Å². The first kappa shape index (κ1) is 41.5. The number of ketones is 1. The first-order valence-electron chi connectivity index (χ1n) is 19.7. The summed E-state index contributed by atoms with van der Waals surface area (Å²) in [5.74, 6) is -0.457. The van der Waals surface area contributed by atoms with E-state index in [4.69, 9.17) is 18.3 Å². The standard InChI is InChI=1S/C43H66O6Si2/c1-10-50(11-2,12-3)49-40(24-19-30-44)41-38(33(4)25-28-39(41)45)27-26-34-32-35(48-43(8,9)47-34)29-31-46-51(42(5,6)7,36-20-15-13-16-21-36)37-22-17-14-18-23-37/h13-18,20-23,25,28,30,33-35,38,40-41H,10-12,19,24,26-27,29,31-32H2,1-9H3/t33-,34+,35-,38-,40+,41+/m0/s1. The number of allylic oxidation sites excluding steroid dienone is 2. The zero-order valence-corrected chi connectivity index (χ0v) is 35.0. The van der Waals surface area contributed by atoms with Crippen molar-refractivity contribution in [2.24, 2.45) is 17.8 Å². The molecule has 1 aliphatic heterocycles. The molecular weight excluding hydrogens is 669 g/mol. The molecule has 6 atom stereocenters. The number of aldehydes is 1. The molecule has 1 fully saturated rings. The van der Waals surface area contributed by atoms with Gasteiger partial charge in [-0.25, -0.2) is 0 Å². The van der Waals surface area contributed by atoms with E-state index in [2.05, 4.69) is 115 Å². The zero-order valence-electron chi connectivity index (χ0n) is 33.0. The van der Waals surface area contributed by atoms with Crippen LogP contribution in [0.3, 0.4) is 0 Å². The van der Waals surface area contributed by atoms with Gasteiger partial charge in [-0.05, 0) is 91.0 Å². The summed E-state index contributed by atoms with van der Waals surface area (Å²) in [5, 5.41) is 2.47. The van der Waals surface area contributed by atoms with Crippen molar-refractivity contribution in [3.63, 3.8) is 0 Å². The van der Waals surface area contributed by atoms with Gasteiger partial charge >= 0.3 is 0 Å². The normalized spacial score (nSPS) is 24.7. The molecule has 0 radical (unpaired) electrons. The SMILES string of the molecule is CC[Si](CC)(CC)O[C@H](CCC=O)[C@H]1C(=O)C=C[C@H](C)[C@@H]1CC[C@@H]1C[C@H](CCO[Si](c2ccccc2)(c2ccccc2)C(C)(C)C)OC(C)(C)O1. The summed E-state index contributed by atoms with van der Waals surface area (Å²) in [6, 6.07) is 24.6. The fourth-order valence-electron chi connectivity index (χ4n) is 8.86. The van der Waals surface area contributed by atoms with Gasteiger partial charge in [-0.1, -0.05) is 115 Å². The van der Waals surface area contributed by atoms with Gasteiger partial charge in [-0.3, -0.25) is 4.79 Å². The predicted molar refractivity (Wildman–Crippen MR) is 214 cm³/mol. The van der Waals surface area contributed by atoms with Crippen molar-refractivity contribution in [3.8, 4) is 0 Å². The molecule has 2 aliphatic rings. The second-order valence-electron chi connectivity index (χ2n) is 16.4. The first-order chi connectivity index (χ1) is 24.2. The topological polar surface area (TPSA) is 71.1 Å². The molecule has 0 bridgehead atoms. The summed E-state index contributed by atoms with van der Waals surface area (Å²) in [4.78, 5) is 25.2. The van der Waals surface area contributed by atoms with Crippen LogP contribution in [0.5, 0.6) is 0 Å². The maximum atomic E-state index is 13.7. The molecule has 2 aromatic rings. The lowest BCUT2D eigenvalue weighted by molar-refractivity contribution is -0.302. The molecule has 0 unspecified atom stereocenters. The average Bonchev–Trinajstić information content (AvgIpc) is 3.10. The molecule has 2 aromatic carbocycles. The van der Waals surface area contributed by atoms with E-state index in [9.17, 15) is 9.59 Å². The smallest absolute Gasteiger partial charge is 0.261 e. The van der Waals surface area contributed by atoms with Crippen LogP contribution in [-0.2, 0) is 27.9 Å². The number of carbonyl (C=O) groups excluding carboxylic acids is 2. The summed E-state index contributed by atoms with van der Waals surface area (Å²) < 4.78 is 27.4. The Morgan fingerprint density at radius 2 is 1.43 bits per heavy atom. The molecule has 8 heteroatoms. The molecule has 1 heterocycles. The lowest BCUT2D eigenvalue weighted by Crippen LogP contribution is -2.66. The Balaban J connectivity index is 1.50. The summed E-state index contributed by atoms with van der Waals surface area (Å²) in [6.45, 7) is 20.4. The Hall–Kier alpha value is -2.21. The molecule has 0 N–H and O–H groups in total. The number of benzene rings is 2. The summed E-state index contributed by atoms with van der Waals surface area (Å²) >= 11 is 0. The van der Waals surface area contributed by atoms with E-state index >= 15 is 0 Å². The van der Waals surface area contributed by atoms with Crippen LogP contribution in [0.2, 0.25) is 23.2 Å². The van der Waals surface area contributed by atoms with Crippen LogP contribution in [0.1, 0.15) is 101 Å².